The zero-order chi connectivity index (χ0) is 20.6. The number of nitrogens with zero attached hydrogens (tertiary/aromatic N) is 2. The number of rotatable bonds is 8. The van der Waals surface area contributed by atoms with Crippen molar-refractivity contribution in [2.75, 3.05) is 53.0 Å². The summed E-state index contributed by atoms with van der Waals surface area (Å²) in [4.78, 5) is 27.8. The molecule has 9 nitrogen and oxygen atoms in total. The quantitative estimate of drug-likeness (QED) is 0.474. The topological polar surface area (TPSA) is 86.8 Å². The van der Waals surface area contributed by atoms with Crippen molar-refractivity contribution in [1.29, 1.82) is 0 Å². The molecule has 0 aliphatic carbocycles. The normalized spacial score (nSPS) is 16.9. The van der Waals surface area contributed by atoms with Crippen LogP contribution in [0.2, 0.25) is 0 Å². The lowest BCUT2D eigenvalue weighted by Gasteiger charge is -2.27. The first-order valence-electron chi connectivity index (χ1n) is 9.84. The molecule has 0 saturated carbocycles. The van der Waals surface area contributed by atoms with Gasteiger partial charge in [-0.3, -0.25) is 9.69 Å². The Labute approximate surface area is 170 Å². The van der Waals surface area contributed by atoms with Crippen LogP contribution in [0, 0.1) is 0 Å². The van der Waals surface area contributed by atoms with Gasteiger partial charge < -0.3 is 28.6 Å². The number of carbonyl (C=O) groups excluding carboxylic acids is 2. The molecule has 0 N–H and O–H groups in total. The third-order valence-corrected chi connectivity index (χ3v) is 4.93. The van der Waals surface area contributed by atoms with Crippen molar-refractivity contribution in [3.8, 4) is 11.5 Å². The summed E-state index contributed by atoms with van der Waals surface area (Å²) in [6.45, 7) is 6.89. The summed E-state index contributed by atoms with van der Waals surface area (Å²) in [5.74, 6) is 1.02. The first kappa shape index (κ1) is 21.2. The molecule has 2 heterocycles. The van der Waals surface area contributed by atoms with E-state index in [9.17, 15) is 9.59 Å². The zero-order valence-corrected chi connectivity index (χ0v) is 16.9. The summed E-state index contributed by atoms with van der Waals surface area (Å²) in [5, 5.41) is 0. The molecule has 1 aromatic rings. The van der Waals surface area contributed by atoms with Crippen molar-refractivity contribution in [2.45, 2.75) is 26.3 Å². The summed E-state index contributed by atoms with van der Waals surface area (Å²) in [6, 6.07) is 5.64. The molecule has 1 aromatic carbocycles. The molecule has 0 bridgehead atoms. The molecule has 160 valence electrons. The lowest BCUT2D eigenvalue weighted by atomic mass is 10.1. The third-order valence-electron chi connectivity index (χ3n) is 4.93. The standard InChI is InChI=1S/C20H28N2O7/c1-3-22(15(2)10-16-4-5-17-18(11-16)27-13-26-17)20(24)29-14-28-19(23)12-21-6-8-25-9-7-21/h4-5,11,15H,3,6-10,12-14H2,1-2H3. The fourth-order valence-electron chi connectivity index (χ4n) is 3.36. The Kier molecular flexibility index (Phi) is 7.54. The van der Waals surface area contributed by atoms with Gasteiger partial charge in [-0.05, 0) is 38.0 Å². The highest BCUT2D eigenvalue weighted by Gasteiger charge is 2.22. The average molecular weight is 408 g/mol. The molecule has 0 aromatic heterocycles. The second-order valence-electron chi connectivity index (χ2n) is 6.96. The Morgan fingerprint density at radius 3 is 2.69 bits per heavy atom. The smallest absolute Gasteiger partial charge is 0.412 e. The molecule has 1 fully saturated rings. The maximum absolute atomic E-state index is 12.4. The lowest BCUT2D eigenvalue weighted by Crippen LogP contribution is -2.41. The van der Waals surface area contributed by atoms with Crippen molar-refractivity contribution in [3.05, 3.63) is 23.8 Å². The van der Waals surface area contributed by atoms with Crippen molar-refractivity contribution >= 4 is 12.1 Å². The Morgan fingerprint density at radius 2 is 1.93 bits per heavy atom. The summed E-state index contributed by atoms with van der Waals surface area (Å²) >= 11 is 0. The number of amides is 1. The van der Waals surface area contributed by atoms with Crippen LogP contribution >= 0.6 is 0 Å². The van der Waals surface area contributed by atoms with Gasteiger partial charge in [-0.2, -0.15) is 0 Å². The third kappa shape index (κ3) is 5.98. The van der Waals surface area contributed by atoms with E-state index in [0.717, 1.165) is 11.3 Å². The number of hydrogen-bond acceptors (Lipinski definition) is 8. The fourth-order valence-corrected chi connectivity index (χ4v) is 3.36. The minimum atomic E-state index is -0.514. The molecule has 9 heteroatoms. The van der Waals surface area contributed by atoms with E-state index in [1.165, 1.54) is 0 Å². The van der Waals surface area contributed by atoms with Crippen LogP contribution in [0.3, 0.4) is 0 Å². The molecular weight excluding hydrogens is 380 g/mol. The second kappa shape index (κ2) is 10.3. The van der Waals surface area contributed by atoms with Gasteiger partial charge >= 0.3 is 12.1 Å². The van der Waals surface area contributed by atoms with Crippen molar-refractivity contribution in [2.24, 2.45) is 0 Å². The van der Waals surface area contributed by atoms with E-state index in [2.05, 4.69) is 0 Å². The number of fused-ring (bicyclic) bond motifs is 1. The van der Waals surface area contributed by atoms with Gasteiger partial charge in [-0.25, -0.2) is 4.79 Å². The van der Waals surface area contributed by atoms with Gasteiger partial charge in [0.1, 0.15) is 0 Å². The van der Waals surface area contributed by atoms with Gasteiger partial charge in [0.05, 0.1) is 19.8 Å². The number of ether oxygens (including phenoxy) is 5. The lowest BCUT2D eigenvalue weighted by molar-refractivity contribution is -0.154. The number of carbonyl (C=O) groups is 2. The number of morpholine rings is 1. The largest absolute Gasteiger partial charge is 0.454 e. The van der Waals surface area contributed by atoms with Crippen LogP contribution in [0.5, 0.6) is 11.5 Å². The summed E-state index contributed by atoms with van der Waals surface area (Å²) in [7, 11) is 0. The first-order chi connectivity index (χ1) is 14.1. The number of benzene rings is 1. The molecule has 0 spiro atoms. The predicted molar refractivity (Wildman–Crippen MR) is 103 cm³/mol. The van der Waals surface area contributed by atoms with Crippen LogP contribution in [0.15, 0.2) is 18.2 Å². The van der Waals surface area contributed by atoms with Crippen molar-refractivity contribution in [3.63, 3.8) is 0 Å². The highest BCUT2D eigenvalue weighted by molar-refractivity contribution is 5.72. The molecule has 1 saturated heterocycles. The van der Waals surface area contributed by atoms with Crippen LogP contribution in [0.25, 0.3) is 0 Å². The van der Waals surface area contributed by atoms with Crippen LogP contribution in [-0.2, 0) is 25.4 Å². The maximum atomic E-state index is 12.4. The van der Waals surface area contributed by atoms with Gasteiger partial charge in [0.15, 0.2) is 11.5 Å². The monoisotopic (exact) mass is 408 g/mol. The van der Waals surface area contributed by atoms with Crippen LogP contribution in [0.1, 0.15) is 19.4 Å². The SMILES string of the molecule is CCN(C(=O)OCOC(=O)CN1CCOCC1)C(C)Cc1ccc2c(c1)OCO2. The molecule has 0 radical (unpaired) electrons. The van der Waals surface area contributed by atoms with E-state index in [1.807, 2.05) is 36.9 Å². The highest BCUT2D eigenvalue weighted by Crippen LogP contribution is 2.33. The Bertz CT molecular complexity index is 706. The molecule has 2 aliphatic rings. The molecule has 1 atom stereocenters. The average Bonchev–Trinajstić information content (AvgIpc) is 3.17. The summed E-state index contributed by atoms with van der Waals surface area (Å²) in [5.41, 5.74) is 1.03. The van der Waals surface area contributed by atoms with Crippen molar-refractivity contribution < 1.29 is 33.3 Å². The van der Waals surface area contributed by atoms with E-state index in [0.29, 0.717) is 45.0 Å². The van der Waals surface area contributed by atoms with Gasteiger partial charge in [-0.1, -0.05) is 6.07 Å². The number of hydrogen-bond donors (Lipinski definition) is 0. The highest BCUT2D eigenvalue weighted by atomic mass is 16.7. The second-order valence-corrected chi connectivity index (χ2v) is 6.96. The Morgan fingerprint density at radius 1 is 1.17 bits per heavy atom. The van der Waals surface area contributed by atoms with Gasteiger partial charge in [0, 0.05) is 25.7 Å². The summed E-state index contributed by atoms with van der Waals surface area (Å²) < 4.78 is 26.1. The van der Waals surface area contributed by atoms with E-state index in [1.54, 1.807) is 4.90 Å². The van der Waals surface area contributed by atoms with E-state index >= 15 is 0 Å². The minimum Gasteiger partial charge on any atom is -0.454 e. The van der Waals surface area contributed by atoms with Crippen LogP contribution in [-0.4, -0.2) is 80.9 Å². The molecule has 1 amide bonds. The Balaban J connectivity index is 1.42. The molecule has 3 rings (SSSR count). The van der Waals surface area contributed by atoms with Gasteiger partial charge in [0.2, 0.25) is 13.6 Å². The summed E-state index contributed by atoms with van der Waals surface area (Å²) in [6.07, 6.45) is 0.121. The molecule has 2 aliphatic heterocycles. The van der Waals surface area contributed by atoms with E-state index in [-0.39, 0.29) is 19.4 Å². The number of likely N-dealkylation sites (N-methyl/N-ethyl adjacent to an activating group) is 1. The minimum absolute atomic E-state index is 0.100. The predicted octanol–water partition coefficient (Wildman–Crippen LogP) is 1.64. The maximum Gasteiger partial charge on any atom is 0.412 e. The van der Waals surface area contributed by atoms with Crippen LogP contribution < -0.4 is 9.47 Å². The van der Waals surface area contributed by atoms with Crippen LogP contribution in [0.4, 0.5) is 4.79 Å². The Hall–Kier alpha value is -2.52. The fraction of sp³-hybridized carbons (Fsp3) is 0.600. The molecule has 1 unspecified atom stereocenters. The molecular formula is C20H28N2O7. The first-order valence-corrected chi connectivity index (χ1v) is 9.84. The van der Waals surface area contributed by atoms with Crippen molar-refractivity contribution in [1.82, 2.24) is 9.80 Å². The van der Waals surface area contributed by atoms with Gasteiger partial charge in [-0.15, -0.1) is 0 Å². The van der Waals surface area contributed by atoms with E-state index in [4.69, 9.17) is 23.7 Å². The molecule has 29 heavy (non-hydrogen) atoms. The van der Waals surface area contributed by atoms with E-state index < -0.39 is 18.9 Å². The van der Waals surface area contributed by atoms with Gasteiger partial charge in [0.25, 0.3) is 0 Å². The zero-order valence-electron chi connectivity index (χ0n) is 16.9. The number of esters is 1.